The van der Waals surface area contributed by atoms with Gasteiger partial charge in [-0.25, -0.2) is 4.79 Å². The minimum atomic E-state index is -0.693. The molecule has 1 saturated heterocycles. The molecule has 6 heteroatoms. The smallest absolute Gasteiger partial charge is 0.410 e. The van der Waals surface area contributed by atoms with Crippen molar-refractivity contribution < 1.29 is 19.4 Å². The Balaban J connectivity index is 2.00. The van der Waals surface area contributed by atoms with E-state index in [1.165, 1.54) is 4.90 Å². The normalized spacial score (nSPS) is 18.9. The van der Waals surface area contributed by atoms with Crippen LogP contribution >= 0.6 is 0 Å². The molecule has 0 spiro atoms. The fraction of sp³-hybridized carbons (Fsp3) is 0.636. The van der Waals surface area contributed by atoms with Gasteiger partial charge in [-0.15, -0.1) is 0 Å². The molecule has 1 aromatic carbocycles. The van der Waals surface area contributed by atoms with E-state index in [9.17, 15) is 14.7 Å². The number of benzene rings is 1. The number of aliphatic hydroxyl groups is 1. The summed E-state index contributed by atoms with van der Waals surface area (Å²) in [7, 11) is 0. The second kappa shape index (κ2) is 11.7. The van der Waals surface area contributed by atoms with Gasteiger partial charge >= 0.3 is 6.09 Å². The molecule has 1 aliphatic heterocycles. The molecule has 1 aliphatic rings. The van der Waals surface area contributed by atoms with Gasteiger partial charge in [0.15, 0.2) is 0 Å². The molecule has 28 heavy (non-hydrogen) atoms. The van der Waals surface area contributed by atoms with Crippen molar-refractivity contribution in [3.63, 3.8) is 0 Å². The predicted molar refractivity (Wildman–Crippen MR) is 109 cm³/mol. The van der Waals surface area contributed by atoms with Gasteiger partial charge in [-0.2, -0.15) is 0 Å². The molecule has 156 valence electrons. The summed E-state index contributed by atoms with van der Waals surface area (Å²) in [5.41, 5.74) is 0.891. The summed E-state index contributed by atoms with van der Waals surface area (Å²) >= 11 is 0. The van der Waals surface area contributed by atoms with Crippen molar-refractivity contribution in [2.45, 2.75) is 71.1 Å². The molecule has 1 N–H and O–H groups in total. The highest BCUT2D eigenvalue weighted by Crippen LogP contribution is 2.22. The molecule has 0 aromatic heterocycles. The first-order valence-corrected chi connectivity index (χ1v) is 10.5. The van der Waals surface area contributed by atoms with Gasteiger partial charge in [0.1, 0.15) is 12.6 Å². The first kappa shape index (κ1) is 22.2. The van der Waals surface area contributed by atoms with E-state index in [1.54, 1.807) is 0 Å². The van der Waals surface area contributed by atoms with Crippen LogP contribution in [0.4, 0.5) is 4.79 Å². The highest BCUT2D eigenvalue weighted by atomic mass is 16.6. The number of likely N-dealkylation sites (tertiary alicyclic amines) is 1. The lowest BCUT2D eigenvalue weighted by molar-refractivity contribution is -0.135. The molecule has 2 amide bonds. The lowest BCUT2D eigenvalue weighted by Gasteiger charge is -2.30. The third-order valence-corrected chi connectivity index (χ3v) is 5.13. The van der Waals surface area contributed by atoms with Crippen molar-refractivity contribution in [1.29, 1.82) is 0 Å². The van der Waals surface area contributed by atoms with E-state index in [1.807, 2.05) is 35.2 Å². The van der Waals surface area contributed by atoms with Crippen LogP contribution in [0.1, 0.15) is 57.9 Å². The van der Waals surface area contributed by atoms with E-state index in [0.717, 1.165) is 37.7 Å². The standard InChI is InChI=1S/C22H34N2O4/c1-3-5-10-14-23(13-6-4-2)21(26)20-15-19(25)16-24(20)22(27)28-17-18-11-8-7-9-12-18/h7-9,11-12,19-20,25H,3-6,10,13-17H2,1-2H3/t19?,20-/m0/s1. The van der Waals surface area contributed by atoms with Crippen molar-refractivity contribution in [3.8, 4) is 0 Å². The van der Waals surface area contributed by atoms with E-state index in [2.05, 4.69) is 13.8 Å². The van der Waals surface area contributed by atoms with Gasteiger partial charge < -0.3 is 14.7 Å². The maximum absolute atomic E-state index is 13.1. The zero-order chi connectivity index (χ0) is 20.4. The minimum absolute atomic E-state index is 0.0715. The Bertz CT molecular complexity index is 608. The van der Waals surface area contributed by atoms with Crippen molar-refractivity contribution >= 4 is 12.0 Å². The van der Waals surface area contributed by atoms with Gasteiger partial charge in [0.25, 0.3) is 0 Å². The Morgan fingerprint density at radius 2 is 1.79 bits per heavy atom. The number of carbonyl (C=O) groups excluding carboxylic acids is 2. The van der Waals surface area contributed by atoms with Crippen molar-refractivity contribution in [1.82, 2.24) is 9.80 Å². The second-order valence-corrected chi connectivity index (χ2v) is 7.48. The Kier molecular flexibility index (Phi) is 9.28. The first-order valence-electron chi connectivity index (χ1n) is 10.5. The Morgan fingerprint density at radius 1 is 1.11 bits per heavy atom. The summed E-state index contributed by atoms with van der Waals surface area (Å²) in [5, 5.41) is 10.1. The molecule has 1 fully saturated rings. The van der Waals surface area contributed by atoms with Gasteiger partial charge in [-0.05, 0) is 18.4 Å². The van der Waals surface area contributed by atoms with E-state index in [0.29, 0.717) is 13.1 Å². The van der Waals surface area contributed by atoms with Crippen LogP contribution in [-0.4, -0.2) is 58.7 Å². The molecule has 1 aromatic rings. The monoisotopic (exact) mass is 390 g/mol. The van der Waals surface area contributed by atoms with E-state index in [4.69, 9.17) is 4.74 Å². The molecule has 0 aliphatic carbocycles. The third-order valence-electron chi connectivity index (χ3n) is 5.13. The zero-order valence-electron chi connectivity index (χ0n) is 17.2. The van der Waals surface area contributed by atoms with Crippen molar-refractivity contribution in [2.24, 2.45) is 0 Å². The SMILES string of the molecule is CCCCCN(CCCC)C(=O)[C@@H]1CC(O)CN1C(=O)OCc1ccccc1. The number of hydrogen-bond acceptors (Lipinski definition) is 4. The quantitative estimate of drug-likeness (QED) is 0.620. The number of carbonyl (C=O) groups is 2. The molecular weight excluding hydrogens is 356 g/mol. The average Bonchev–Trinajstić information content (AvgIpc) is 3.11. The van der Waals surface area contributed by atoms with E-state index in [-0.39, 0.29) is 25.5 Å². The topological polar surface area (TPSA) is 70.1 Å². The van der Waals surface area contributed by atoms with Crippen LogP contribution in [0.5, 0.6) is 0 Å². The number of β-amino-alcohol motifs (C(OH)–C–C–N with tert-alkyl or cyclic N) is 1. The van der Waals surface area contributed by atoms with Crippen molar-refractivity contribution in [3.05, 3.63) is 35.9 Å². The van der Waals surface area contributed by atoms with Crippen LogP contribution in [0.3, 0.4) is 0 Å². The number of amides is 2. The fourth-order valence-electron chi connectivity index (χ4n) is 3.50. The van der Waals surface area contributed by atoms with Gasteiger partial charge in [-0.1, -0.05) is 63.4 Å². The number of unbranched alkanes of at least 4 members (excludes halogenated alkanes) is 3. The lowest BCUT2D eigenvalue weighted by Crippen LogP contribution is -2.48. The molecule has 6 nitrogen and oxygen atoms in total. The molecule has 0 radical (unpaired) electrons. The lowest BCUT2D eigenvalue weighted by atomic mass is 10.1. The van der Waals surface area contributed by atoms with Gasteiger partial charge in [0.05, 0.1) is 12.6 Å². The third kappa shape index (κ3) is 6.51. The zero-order valence-corrected chi connectivity index (χ0v) is 17.2. The number of nitrogens with zero attached hydrogens (tertiary/aromatic N) is 2. The van der Waals surface area contributed by atoms with Gasteiger partial charge in [-0.3, -0.25) is 9.69 Å². The minimum Gasteiger partial charge on any atom is -0.445 e. The highest BCUT2D eigenvalue weighted by Gasteiger charge is 2.41. The number of hydrogen-bond donors (Lipinski definition) is 1. The maximum Gasteiger partial charge on any atom is 0.410 e. The number of aliphatic hydroxyl groups excluding tert-OH is 1. The Hall–Kier alpha value is -2.08. The molecule has 1 unspecified atom stereocenters. The first-order chi connectivity index (χ1) is 13.6. The van der Waals surface area contributed by atoms with Crippen LogP contribution in [0.15, 0.2) is 30.3 Å². The molecule has 0 saturated carbocycles. The van der Waals surface area contributed by atoms with Crippen molar-refractivity contribution in [2.75, 3.05) is 19.6 Å². The van der Waals surface area contributed by atoms with Crippen LogP contribution in [0.25, 0.3) is 0 Å². The van der Waals surface area contributed by atoms with Crippen LogP contribution in [0, 0.1) is 0 Å². The summed E-state index contributed by atoms with van der Waals surface area (Å²) in [4.78, 5) is 29.0. The van der Waals surface area contributed by atoms with Gasteiger partial charge in [0.2, 0.25) is 5.91 Å². The Morgan fingerprint density at radius 3 is 2.46 bits per heavy atom. The fourth-order valence-corrected chi connectivity index (χ4v) is 3.50. The predicted octanol–water partition coefficient (Wildman–Crippen LogP) is 3.58. The van der Waals surface area contributed by atoms with Gasteiger partial charge in [0, 0.05) is 19.5 Å². The molecular formula is C22H34N2O4. The molecule has 2 atom stereocenters. The summed E-state index contributed by atoms with van der Waals surface area (Å²) in [5.74, 6) is -0.0715. The summed E-state index contributed by atoms with van der Waals surface area (Å²) in [6, 6.07) is 8.80. The molecule has 0 bridgehead atoms. The summed E-state index contributed by atoms with van der Waals surface area (Å²) in [6.07, 6.45) is 4.11. The summed E-state index contributed by atoms with van der Waals surface area (Å²) < 4.78 is 5.41. The summed E-state index contributed by atoms with van der Waals surface area (Å²) in [6.45, 7) is 5.92. The molecule has 2 rings (SSSR count). The maximum atomic E-state index is 13.1. The van der Waals surface area contributed by atoms with Crippen LogP contribution in [-0.2, 0) is 16.1 Å². The second-order valence-electron chi connectivity index (χ2n) is 7.48. The number of ether oxygens (including phenoxy) is 1. The molecule has 1 heterocycles. The average molecular weight is 391 g/mol. The van der Waals surface area contributed by atoms with Crippen LogP contribution < -0.4 is 0 Å². The largest absolute Gasteiger partial charge is 0.445 e. The van der Waals surface area contributed by atoms with E-state index < -0.39 is 18.2 Å². The number of rotatable bonds is 10. The van der Waals surface area contributed by atoms with Crippen LogP contribution in [0.2, 0.25) is 0 Å². The Labute approximate surface area is 168 Å². The highest BCUT2D eigenvalue weighted by molar-refractivity contribution is 5.86. The van der Waals surface area contributed by atoms with E-state index >= 15 is 0 Å².